The Kier molecular flexibility index (Phi) is 2.90. The summed E-state index contributed by atoms with van der Waals surface area (Å²) in [6.07, 6.45) is 2.07. The maximum Gasteiger partial charge on any atom is 0.236 e. The first kappa shape index (κ1) is 12.7. The third kappa shape index (κ3) is 1.88. The maximum atomic E-state index is 12.5. The molecule has 1 saturated heterocycles. The summed E-state index contributed by atoms with van der Waals surface area (Å²) in [5.74, 6) is 0.193. The largest absolute Gasteiger partial charge is 0.325 e. The van der Waals surface area contributed by atoms with Gasteiger partial charge in [0.15, 0.2) is 0 Å². The van der Waals surface area contributed by atoms with Crippen molar-refractivity contribution in [2.24, 2.45) is 0 Å². The number of hydrogen-bond donors (Lipinski definition) is 1. The van der Waals surface area contributed by atoms with Gasteiger partial charge in [0.2, 0.25) is 5.91 Å². The van der Waals surface area contributed by atoms with Crippen LogP contribution < -0.4 is 5.32 Å². The van der Waals surface area contributed by atoms with Crippen molar-refractivity contribution in [1.29, 1.82) is 0 Å². The lowest BCUT2D eigenvalue weighted by atomic mass is 9.74. The predicted octanol–water partition coefficient (Wildman–Crippen LogP) is 2.69. The molecule has 2 aliphatic rings. The molecule has 3 rings (SSSR count). The number of benzene rings is 1. The SMILES string of the molecule is Cc1ccc2c(c1)C1(CCCN(C(C)C)C1)C(=O)N2. The van der Waals surface area contributed by atoms with Crippen molar-refractivity contribution in [2.75, 3.05) is 18.4 Å². The molecular formula is C16H22N2O. The van der Waals surface area contributed by atoms with Gasteiger partial charge in [-0.05, 0) is 51.8 Å². The lowest BCUT2D eigenvalue weighted by Gasteiger charge is -2.41. The first-order valence-electron chi connectivity index (χ1n) is 7.19. The molecule has 19 heavy (non-hydrogen) atoms. The second-order valence-corrected chi connectivity index (χ2v) is 6.25. The van der Waals surface area contributed by atoms with Crippen LogP contribution in [0.25, 0.3) is 0 Å². The van der Waals surface area contributed by atoms with Crippen molar-refractivity contribution >= 4 is 11.6 Å². The standard InChI is InChI=1S/C16H22N2O/c1-11(2)18-8-4-7-16(10-18)13-9-12(3)5-6-14(13)17-15(16)19/h5-6,9,11H,4,7-8,10H2,1-3H3,(H,17,19). The summed E-state index contributed by atoms with van der Waals surface area (Å²) in [6, 6.07) is 6.81. The minimum Gasteiger partial charge on any atom is -0.325 e. The Hall–Kier alpha value is -1.35. The molecule has 1 fully saturated rings. The lowest BCUT2D eigenvalue weighted by molar-refractivity contribution is -0.123. The summed E-state index contributed by atoms with van der Waals surface area (Å²) in [7, 11) is 0. The monoisotopic (exact) mass is 258 g/mol. The average molecular weight is 258 g/mol. The molecule has 0 radical (unpaired) electrons. The quantitative estimate of drug-likeness (QED) is 0.840. The summed E-state index contributed by atoms with van der Waals surface area (Å²) in [5, 5.41) is 3.08. The normalized spacial score (nSPS) is 26.8. The minimum atomic E-state index is -0.316. The zero-order valence-electron chi connectivity index (χ0n) is 12.0. The van der Waals surface area contributed by atoms with Crippen LogP contribution >= 0.6 is 0 Å². The zero-order chi connectivity index (χ0) is 13.6. The Morgan fingerprint density at radius 1 is 1.37 bits per heavy atom. The van der Waals surface area contributed by atoms with Gasteiger partial charge in [-0.2, -0.15) is 0 Å². The fraction of sp³-hybridized carbons (Fsp3) is 0.562. The van der Waals surface area contributed by atoms with Crippen molar-refractivity contribution in [3.05, 3.63) is 29.3 Å². The van der Waals surface area contributed by atoms with Crippen molar-refractivity contribution in [3.63, 3.8) is 0 Å². The van der Waals surface area contributed by atoms with Gasteiger partial charge in [0.05, 0.1) is 5.41 Å². The highest BCUT2D eigenvalue weighted by Gasteiger charge is 2.49. The van der Waals surface area contributed by atoms with Crippen LogP contribution in [0.1, 0.15) is 37.8 Å². The molecule has 3 nitrogen and oxygen atoms in total. The fourth-order valence-electron chi connectivity index (χ4n) is 3.46. The minimum absolute atomic E-state index is 0.193. The second-order valence-electron chi connectivity index (χ2n) is 6.25. The summed E-state index contributed by atoms with van der Waals surface area (Å²) in [5.41, 5.74) is 3.14. The molecular weight excluding hydrogens is 236 g/mol. The molecule has 0 aliphatic carbocycles. The van der Waals surface area contributed by atoms with Gasteiger partial charge < -0.3 is 5.32 Å². The van der Waals surface area contributed by atoms with Crippen LogP contribution in [-0.2, 0) is 10.2 Å². The topological polar surface area (TPSA) is 32.3 Å². The second kappa shape index (κ2) is 4.34. The first-order chi connectivity index (χ1) is 9.03. The molecule has 1 aromatic carbocycles. The van der Waals surface area contributed by atoms with Crippen LogP contribution in [-0.4, -0.2) is 29.9 Å². The van der Waals surface area contributed by atoms with Gasteiger partial charge in [-0.3, -0.25) is 9.69 Å². The van der Waals surface area contributed by atoms with Gasteiger partial charge in [-0.1, -0.05) is 17.7 Å². The van der Waals surface area contributed by atoms with Crippen LogP contribution in [0.4, 0.5) is 5.69 Å². The molecule has 102 valence electrons. The highest BCUT2D eigenvalue weighted by Crippen LogP contribution is 2.44. The molecule has 1 N–H and O–H groups in total. The number of fused-ring (bicyclic) bond motifs is 2. The van der Waals surface area contributed by atoms with E-state index >= 15 is 0 Å². The predicted molar refractivity (Wildman–Crippen MR) is 77.4 cm³/mol. The van der Waals surface area contributed by atoms with Crippen LogP contribution in [0.5, 0.6) is 0 Å². The molecule has 1 aromatic rings. The van der Waals surface area contributed by atoms with Crippen LogP contribution in [0, 0.1) is 6.92 Å². The summed E-state index contributed by atoms with van der Waals surface area (Å²) in [4.78, 5) is 15.0. The zero-order valence-corrected chi connectivity index (χ0v) is 12.0. The van der Waals surface area contributed by atoms with E-state index in [4.69, 9.17) is 0 Å². The molecule has 1 amide bonds. The van der Waals surface area contributed by atoms with E-state index in [1.807, 2.05) is 6.07 Å². The van der Waals surface area contributed by atoms with E-state index in [0.29, 0.717) is 6.04 Å². The van der Waals surface area contributed by atoms with E-state index in [0.717, 1.165) is 31.6 Å². The molecule has 2 heterocycles. The van der Waals surface area contributed by atoms with Gasteiger partial charge in [-0.15, -0.1) is 0 Å². The van der Waals surface area contributed by atoms with Crippen molar-refractivity contribution < 1.29 is 4.79 Å². The summed E-state index contributed by atoms with van der Waals surface area (Å²) >= 11 is 0. The Morgan fingerprint density at radius 2 is 2.16 bits per heavy atom. The van der Waals surface area contributed by atoms with Crippen molar-refractivity contribution in [1.82, 2.24) is 4.90 Å². The molecule has 0 saturated carbocycles. The molecule has 1 unspecified atom stereocenters. The van der Waals surface area contributed by atoms with Crippen LogP contribution in [0.2, 0.25) is 0 Å². The van der Waals surface area contributed by atoms with Gasteiger partial charge in [0, 0.05) is 18.3 Å². The van der Waals surface area contributed by atoms with Crippen LogP contribution in [0.15, 0.2) is 18.2 Å². The van der Waals surface area contributed by atoms with E-state index in [-0.39, 0.29) is 11.3 Å². The van der Waals surface area contributed by atoms with Crippen molar-refractivity contribution in [2.45, 2.75) is 45.1 Å². The molecule has 0 aromatic heterocycles. The molecule has 1 spiro atoms. The number of likely N-dealkylation sites (tertiary alicyclic amines) is 1. The third-order valence-corrected chi connectivity index (χ3v) is 4.63. The first-order valence-corrected chi connectivity index (χ1v) is 7.19. The number of nitrogens with one attached hydrogen (secondary N) is 1. The maximum absolute atomic E-state index is 12.5. The van der Waals surface area contributed by atoms with E-state index in [9.17, 15) is 4.79 Å². The number of rotatable bonds is 1. The summed E-state index contributed by atoms with van der Waals surface area (Å²) < 4.78 is 0. The lowest BCUT2D eigenvalue weighted by Crippen LogP contribution is -2.52. The van der Waals surface area contributed by atoms with E-state index in [1.54, 1.807) is 0 Å². The summed E-state index contributed by atoms with van der Waals surface area (Å²) in [6.45, 7) is 8.48. The van der Waals surface area contributed by atoms with Gasteiger partial charge in [0.25, 0.3) is 0 Å². The molecule has 0 bridgehead atoms. The van der Waals surface area contributed by atoms with E-state index < -0.39 is 0 Å². The molecule has 3 heteroatoms. The van der Waals surface area contributed by atoms with Gasteiger partial charge in [0.1, 0.15) is 0 Å². The number of anilines is 1. The number of carbonyl (C=O) groups excluding carboxylic acids is 1. The van der Waals surface area contributed by atoms with Crippen molar-refractivity contribution in [3.8, 4) is 0 Å². The highest BCUT2D eigenvalue weighted by molar-refractivity contribution is 6.06. The highest BCUT2D eigenvalue weighted by atomic mass is 16.2. The van der Waals surface area contributed by atoms with Gasteiger partial charge >= 0.3 is 0 Å². The number of carbonyl (C=O) groups is 1. The molecule has 2 aliphatic heterocycles. The number of nitrogens with zero attached hydrogens (tertiary/aromatic N) is 1. The Labute approximate surface area is 115 Å². The number of amides is 1. The average Bonchev–Trinajstić information content (AvgIpc) is 2.63. The van der Waals surface area contributed by atoms with E-state index in [1.165, 1.54) is 11.1 Å². The smallest absolute Gasteiger partial charge is 0.236 e. The Bertz CT molecular complexity index is 523. The third-order valence-electron chi connectivity index (χ3n) is 4.63. The fourth-order valence-corrected chi connectivity index (χ4v) is 3.46. The molecule has 1 atom stereocenters. The number of hydrogen-bond acceptors (Lipinski definition) is 2. The van der Waals surface area contributed by atoms with Gasteiger partial charge in [-0.25, -0.2) is 0 Å². The van der Waals surface area contributed by atoms with Crippen LogP contribution in [0.3, 0.4) is 0 Å². The Morgan fingerprint density at radius 3 is 2.89 bits per heavy atom. The Balaban J connectivity index is 2.04. The number of piperidine rings is 1. The number of aryl methyl sites for hydroxylation is 1. The van der Waals surface area contributed by atoms with E-state index in [2.05, 4.69) is 43.1 Å².